The lowest BCUT2D eigenvalue weighted by Gasteiger charge is -2.24. The molecule has 1 aliphatic rings. The Morgan fingerprint density at radius 1 is 1.24 bits per heavy atom. The van der Waals surface area contributed by atoms with Crippen LogP contribution < -0.4 is 0 Å². The molecule has 1 heterocycles. The van der Waals surface area contributed by atoms with Gasteiger partial charge in [0.1, 0.15) is 11.2 Å². The first-order valence-electron chi connectivity index (χ1n) is 6.59. The fraction of sp³-hybridized carbons (Fsp3) is 0.188. The highest BCUT2D eigenvalue weighted by molar-refractivity contribution is 7.99. The number of thioether (sulfide) groups is 1. The molecular weight excluding hydrogens is 309 g/mol. The second kappa shape index (κ2) is 6.08. The van der Waals surface area contributed by atoms with E-state index in [1.165, 1.54) is 12.1 Å². The molecule has 0 aromatic heterocycles. The molecule has 21 heavy (non-hydrogen) atoms. The minimum absolute atomic E-state index is 0.0501. The summed E-state index contributed by atoms with van der Waals surface area (Å²) in [6, 6.07) is 13.3. The second-order valence-electron chi connectivity index (χ2n) is 4.78. The van der Waals surface area contributed by atoms with Crippen LogP contribution in [0.3, 0.4) is 0 Å². The van der Waals surface area contributed by atoms with Crippen molar-refractivity contribution in [3.8, 4) is 0 Å². The van der Waals surface area contributed by atoms with E-state index >= 15 is 0 Å². The van der Waals surface area contributed by atoms with Crippen LogP contribution in [0.2, 0.25) is 5.02 Å². The van der Waals surface area contributed by atoms with E-state index < -0.39 is 0 Å². The quantitative estimate of drug-likeness (QED) is 0.818. The number of nitrogens with zero attached hydrogens (tertiary/aromatic N) is 1. The third-order valence-electron chi connectivity index (χ3n) is 3.38. The lowest BCUT2D eigenvalue weighted by atomic mass is 10.1. The van der Waals surface area contributed by atoms with Gasteiger partial charge in [0.2, 0.25) is 0 Å². The molecule has 1 amide bonds. The zero-order chi connectivity index (χ0) is 14.8. The van der Waals surface area contributed by atoms with Crippen LogP contribution in [-0.2, 0) is 0 Å². The van der Waals surface area contributed by atoms with Crippen molar-refractivity contribution in [1.82, 2.24) is 4.90 Å². The fourth-order valence-corrected chi connectivity index (χ4v) is 3.74. The summed E-state index contributed by atoms with van der Waals surface area (Å²) in [5.41, 5.74) is 1.42. The van der Waals surface area contributed by atoms with Gasteiger partial charge in [0.25, 0.3) is 5.91 Å². The van der Waals surface area contributed by atoms with E-state index in [9.17, 15) is 9.18 Å². The Labute approximate surface area is 131 Å². The number of amides is 1. The van der Waals surface area contributed by atoms with Crippen LogP contribution in [0.5, 0.6) is 0 Å². The normalized spacial score (nSPS) is 18.0. The van der Waals surface area contributed by atoms with Crippen molar-refractivity contribution < 1.29 is 9.18 Å². The largest absolute Gasteiger partial charge is 0.322 e. The molecule has 2 aromatic rings. The average molecular weight is 322 g/mol. The van der Waals surface area contributed by atoms with Crippen LogP contribution in [0.25, 0.3) is 0 Å². The average Bonchev–Trinajstić information content (AvgIpc) is 2.97. The molecule has 1 fully saturated rings. The SMILES string of the molecule is O=C(c1ccc(Cl)cc1)N1CCSC1c1cccc(F)c1. The zero-order valence-electron chi connectivity index (χ0n) is 11.1. The zero-order valence-corrected chi connectivity index (χ0v) is 12.7. The van der Waals surface area contributed by atoms with Gasteiger partial charge in [-0.15, -0.1) is 11.8 Å². The van der Waals surface area contributed by atoms with E-state index in [4.69, 9.17) is 11.6 Å². The van der Waals surface area contributed by atoms with E-state index in [-0.39, 0.29) is 17.1 Å². The molecule has 1 aliphatic heterocycles. The highest BCUT2D eigenvalue weighted by Crippen LogP contribution is 2.38. The number of benzene rings is 2. The van der Waals surface area contributed by atoms with E-state index in [0.29, 0.717) is 17.1 Å². The molecule has 2 nitrogen and oxygen atoms in total. The maximum atomic E-state index is 13.4. The van der Waals surface area contributed by atoms with Gasteiger partial charge in [-0.3, -0.25) is 4.79 Å². The van der Waals surface area contributed by atoms with Gasteiger partial charge in [0.05, 0.1) is 0 Å². The Morgan fingerprint density at radius 3 is 2.71 bits per heavy atom. The van der Waals surface area contributed by atoms with Gasteiger partial charge in [0, 0.05) is 22.9 Å². The first-order valence-corrected chi connectivity index (χ1v) is 8.01. The number of hydrogen-bond donors (Lipinski definition) is 0. The minimum atomic E-state index is -0.279. The van der Waals surface area contributed by atoms with Gasteiger partial charge in [-0.1, -0.05) is 23.7 Å². The summed E-state index contributed by atoms with van der Waals surface area (Å²) in [6.07, 6.45) is 0. The molecule has 2 aromatic carbocycles. The molecule has 0 N–H and O–H groups in total. The molecule has 0 radical (unpaired) electrons. The summed E-state index contributed by atoms with van der Waals surface area (Å²) in [5.74, 6) is 0.519. The second-order valence-corrected chi connectivity index (χ2v) is 6.41. The number of carbonyl (C=O) groups excluding carboxylic acids is 1. The van der Waals surface area contributed by atoms with Crippen molar-refractivity contribution in [2.75, 3.05) is 12.3 Å². The topological polar surface area (TPSA) is 20.3 Å². The van der Waals surface area contributed by atoms with Gasteiger partial charge >= 0.3 is 0 Å². The van der Waals surface area contributed by atoms with Crippen LogP contribution in [0.4, 0.5) is 4.39 Å². The van der Waals surface area contributed by atoms with Crippen LogP contribution in [0, 0.1) is 5.82 Å². The molecule has 0 aliphatic carbocycles. The summed E-state index contributed by atoms with van der Waals surface area (Å²) >= 11 is 7.50. The van der Waals surface area contributed by atoms with Gasteiger partial charge in [-0.05, 0) is 42.0 Å². The predicted octanol–water partition coefficient (Wildman–Crippen LogP) is 4.37. The number of hydrogen-bond acceptors (Lipinski definition) is 2. The lowest BCUT2D eigenvalue weighted by Crippen LogP contribution is -2.30. The van der Waals surface area contributed by atoms with Crippen molar-refractivity contribution in [1.29, 1.82) is 0 Å². The Hall–Kier alpha value is -1.52. The molecule has 1 saturated heterocycles. The van der Waals surface area contributed by atoms with Crippen LogP contribution in [0.1, 0.15) is 21.3 Å². The van der Waals surface area contributed by atoms with Crippen molar-refractivity contribution in [3.63, 3.8) is 0 Å². The van der Waals surface area contributed by atoms with Gasteiger partial charge in [0.15, 0.2) is 0 Å². The monoisotopic (exact) mass is 321 g/mol. The molecule has 108 valence electrons. The predicted molar refractivity (Wildman–Crippen MR) is 84.1 cm³/mol. The van der Waals surface area contributed by atoms with Crippen molar-refractivity contribution in [2.24, 2.45) is 0 Å². The number of rotatable bonds is 2. The maximum Gasteiger partial charge on any atom is 0.255 e. The summed E-state index contributed by atoms with van der Waals surface area (Å²) in [5, 5.41) is 0.466. The lowest BCUT2D eigenvalue weighted by molar-refractivity contribution is 0.0760. The third-order valence-corrected chi connectivity index (χ3v) is 4.89. The molecule has 3 rings (SSSR count). The minimum Gasteiger partial charge on any atom is -0.322 e. The Bertz CT molecular complexity index is 662. The van der Waals surface area contributed by atoms with Crippen LogP contribution in [-0.4, -0.2) is 23.1 Å². The fourth-order valence-electron chi connectivity index (χ4n) is 2.37. The highest BCUT2D eigenvalue weighted by Gasteiger charge is 2.31. The Balaban J connectivity index is 1.87. The molecule has 5 heteroatoms. The van der Waals surface area contributed by atoms with E-state index in [0.717, 1.165) is 11.3 Å². The van der Waals surface area contributed by atoms with Crippen LogP contribution >= 0.6 is 23.4 Å². The van der Waals surface area contributed by atoms with Crippen molar-refractivity contribution in [3.05, 3.63) is 70.5 Å². The summed E-state index contributed by atoms with van der Waals surface area (Å²) in [4.78, 5) is 14.4. The molecule has 0 saturated carbocycles. The molecule has 1 unspecified atom stereocenters. The first-order chi connectivity index (χ1) is 10.1. The van der Waals surface area contributed by atoms with Crippen LogP contribution in [0.15, 0.2) is 48.5 Å². The smallest absolute Gasteiger partial charge is 0.255 e. The summed E-state index contributed by atoms with van der Waals surface area (Å²) in [7, 11) is 0. The summed E-state index contributed by atoms with van der Waals surface area (Å²) < 4.78 is 13.4. The van der Waals surface area contributed by atoms with Gasteiger partial charge < -0.3 is 4.90 Å². The number of carbonyl (C=O) groups is 1. The first kappa shape index (κ1) is 14.4. The number of halogens is 2. The van der Waals surface area contributed by atoms with Gasteiger partial charge in [-0.2, -0.15) is 0 Å². The Morgan fingerprint density at radius 2 is 2.00 bits per heavy atom. The highest BCUT2D eigenvalue weighted by atomic mass is 35.5. The van der Waals surface area contributed by atoms with Crippen molar-refractivity contribution >= 4 is 29.3 Å². The van der Waals surface area contributed by atoms with Gasteiger partial charge in [-0.25, -0.2) is 4.39 Å². The van der Waals surface area contributed by atoms with E-state index in [1.54, 1.807) is 47.0 Å². The molecular formula is C16H13ClFNOS. The molecule has 0 spiro atoms. The Kier molecular flexibility index (Phi) is 4.17. The van der Waals surface area contributed by atoms with E-state index in [1.807, 2.05) is 6.07 Å². The standard InChI is InChI=1S/C16H13ClFNOS/c17-13-6-4-11(5-7-13)15(20)19-8-9-21-16(19)12-2-1-3-14(18)10-12/h1-7,10,16H,8-9H2. The van der Waals surface area contributed by atoms with Crippen molar-refractivity contribution in [2.45, 2.75) is 5.37 Å². The maximum absolute atomic E-state index is 13.4. The summed E-state index contributed by atoms with van der Waals surface area (Å²) in [6.45, 7) is 0.660. The molecule has 0 bridgehead atoms. The molecule has 1 atom stereocenters. The third kappa shape index (κ3) is 3.06. The van der Waals surface area contributed by atoms with E-state index in [2.05, 4.69) is 0 Å².